The number of aliphatic hydroxyl groups excluding tert-OH is 3. The summed E-state index contributed by atoms with van der Waals surface area (Å²) in [5.41, 5.74) is -1.42. The number of allylic oxidation sites excluding steroid dienone is 2. The van der Waals surface area contributed by atoms with E-state index in [0.717, 1.165) is 19.1 Å². The van der Waals surface area contributed by atoms with Gasteiger partial charge in [-0.05, 0) is 87.0 Å². The molecule has 0 bridgehead atoms. The van der Waals surface area contributed by atoms with Crippen LogP contribution in [0.15, 0.2) is 24.3 Å². The van der Waals surface area contributed by atoms with Crippen molar-refractivity contribution in [3.63, 3.8) is 0 Å². The summed E-state index contributed by atoms with van der Waals surface area (Å²) in [5, 5.41) is 44.0. The second-order valence-corrected chi connectivity index (χ2v) is 17.1. The van der Waals surface area contributed by atoms with E-state index in [0.29, 0.717) is 12.8 Å². The fraction of sp³-hybridized carbons (Fsp3) is 0.854. The molecule has 3 saturated heterocycles. The molecule has 56 heavy (non-hydrogen) atoms. The van der Waals surface area contributed by atoms with Crippen molar-refractivity contribution in [3.8, 4) is 0 Å². The van der Waals surface area contributed by atoms with Gasteiger partial charge in [-0.1, -0.05) is 31.2 Å². The van der Waals surface area contributed by atoms with Crippen molar-refractivity contribution in [3.05, 3.63) is 24.3 Å². The molecular weight excluding hydrogens is 728 g/mol. The van der Waals surface area contributed by atoms with E-state index in [9.17, 15) is 30.0 Å². The Morgan fingerprint density at radius 2 is 1.66 bits per heavy atom. The van der Waals surface area contributed by atoms with Crippen molar-refractivity contribution in [2.24, 2.45) is 11.8 Å². The van der Waals surface area contributed by atoms with Gasteiger partial charge in [-0.3, -0.25) is 4.79 Å². The summed E-state index contributed by atoms with van der Waals surface area (Å²) < 4.78 is 43.5. The van der Waals surface area contributed by atoms with E-state index in [1.807, 2.05) is 45.3 Å². The number of hydrogen-bond acceptors (Lipinski definition) is 15. The first kappa shape index (κ1) is 46.8. The first-order valence-corrected chi connectivity index (χ1v) is 20.3. The van der Waals surface area contributed by atoms with Gasteiger partial charge in [0, 0.05) is 31.7 Å². The zero-order valence-corrected chi connectivity index (χ0v) is 34.8. The molecule has 4 aliphatic rings. The number of ether oxygens (including phenoxy) is 7. The van der Waals surface area contributed by atoms with E-state index in [1.54, 1.807) is 32.8 Å². The zero-order valence-electron chi connectivity index (χ0n) is 34.8. The zero-order chi connectivity index (χ0) is 41.3. The van der Waals surface area contributed by atoms with Crippen molar-refractivity contribution in [1.82, 2.24) is 9.80 Å². The first-order valence-electron chi connectivity index (χ1n) is 20.3. The second kappa shape index (κ2) is 21.4. The molecule has 0 spiro atoms. The van der Waals surface area contributed by atoms with Crippen LogP contribution in [-0.4, -0.2) is 169 Å². The largest absolute Gasteiger partial charge is 0.462 e. The first-order chi connectivity index (χ1) is 26.4. The van der Waals surface area contributed by atoms with Crippen LogP contribution in [0.3, 0.4) is 0 Å². The maximum atomic E-state index is 12.9. The van der Waals surface area contributed by atoms with Crippen molar-refractivity contribution < 1.29 is 63.2 Å². The normalized spacial score (nSPS) is 44.9. The summed E-state index contributed by atoms with van der Waals surface area (Å²) in [5.74, 6) is -1.18. The van der Waals surface area contributed by atoms with Gasteiger partial charge in [-0.2, -0.15) is 0 Å². The van der Waals surface area contributed by atoms with Crippen LogP contribution in [0.25, 0.3) is 0 Å². The molecule has 0 amide bonds. The SMILES string of the molecule is C[C@@H]1C/C=C\C=C/[C@@H](O[C@H]2CC[C@H](N(C)C)[C@@H](C)O2)[C@H](C)C[C@H](CC=O)[C@H](O[C@@H]2O[C@H](C)[C@@H](O[C@@H]3C[C@](C)(O)[C@H](O)CO3)[C@H](N(C)C)[C@H]2O)C[C@H](O)CC(=O)O1. The van der Waals surface area contributed by atoms with Gasteiger partial charge in [0.25, 0.3) is 0 Å². The Balaban J connectivity index is 1.59. The third kappa shape index (κ3) is 13.1. The van der Waals surface area contributed by atoms with Crippen LogP contribution in [0.1, 0.15) is 86.0 Å². The molecule has 0 unspecified atom stereocenters. The van der Waals surface area contributed by atoms with Crippen LogP contribution in [0.4, 0.5) is 0 Å². The minimum atomic E-state index is -1.42. The van der Waals surface area contributed by atoms with Crippen molar-refractivity contribution in [2.75, 3.05) is 34.8 Å². The number of aldehydes is 1. The number of likely N-dealkylation sites (N-methyl/N-ethyl adjacent to an activating group) is 2. The smallest absolute Gasteiger partial charge is 0.308 e. The number of esters is 1. The van der Waals surface area contributed by atoms with Crippen LogP contribution in [0, 0.1) is 11.8 Å². The summed E-state index contributed by atoms with van der Waals surface area (Å²) in [6.45, 7) is 9.08. The van der Waals surface area contributed by atoms with Gasteiger partial charge in [0.1, 0.15) is 30.7 Å². The van der Waals surface area contributed by atoms with E-state index in [1.165, 1.54) is 6.92 Å². The Kier molecular flexibility index (Phi) is 17.9. The molecule has 4 aliphatic heterocycles. The van der Waals surface area contributed by atoms with Crippen molar-refractivity contribution in [1.29, 1.82) is 0 Å². The summed E-state index contributed by atoms with van der Waals surface area (Å²) in [6.07, 6.45) is 1.80. The monoisotopic (exact) mass is 798 g/mol. The maximum Gasteiger partial charge on any atom is 0.308 e. The number of aliphatic hydroxyl groups is 4. The Morgan fingerprint density at radius 1 is 0.929 bits per heavy atom. The van der Waals surface area contributed by atoms with Crippen molar-refractivity contribution in [2.45, 2.75) is 177 Å². The molecule has 15 heteroatoms. The Labute approximate surface area is 333 Å². The summed E-state index contributed by atoms with van der Waals surface area (Å²) in [7, 11) is 7.68. The molecule has 0 aromatic carbocycles. The van der Waals surface area contributed by atoms with E-state index < -0.39 is 91.2 Å². The predicted octanol–water partition coefficient (Wildman–Crippen LogP) is 2.31. The van der Waals surface area contributed by atoms with E-state index in [4.69, 9.17) is 33.2 Å². The van der Waals surface area contributed by atoms with Crippen LogP contribution in [0.5, 0.6) is 0 Å². The highest BCUT2D eigenvalue weighted by atomic mass is 16.7. The van der Waals surface area contributed by atoms with E-state index in [-0.39, 0.29) is 50.4 Å². The summed E-state index contributed by atoms with van der Waals surface area (Å²) >= 11 is 0. The number of cyclic esters (lactones) is 1. The van der Waals surface area contributed by atoms with Crippen LogP contribution in [0.2, 0.25) is 0 Å². The number of nitrogens with zero attached hydrogens (tertiary/aromatic N) is 2. The lowest BCUT2D eigenvalue weighted by Gasteiger charge is -2.49. The molecular formula is C41H70N2O13. The molecule has 4 rings (SSSR count). The van der Waals surface area contributed by atoms with Gasteiger partial charge in [0.2, 0.25) is 0 Å². The van der Waals surface area contributed by atoms with Gasteiger partial charge in [-0.25, -0.2) is 0 Å². The highest BCUT2D eigenvalue weighted by molar-refractivity contribution is 5.70. The predicted molar refractivity (Wildman–Crippen MR) is 206 cm³/mol. The van der Waals surface area contributed by atoms with Crippen LogP contribution < -0.4 is 0 Å². The van der Waals surface area contributed by atoms with Gasteiger partial charge >= 0.3 is 5.97 Å². The van der Waals surface area contributed by atoms with Gasteiger partial charge < -0.3 is 68.2 Å². The lowest BCUT2D eigenvalue weighted by atomic mass is 9.83. The van der Waals surface area contributed by atoms with Gasteiger partial charge in [0.05, 0.1) is 55.2 Å². The number of carbonyl (C=O) groups is 2. The van der Waals surface area contributed by atoms with Crippen LogP contribution >= 0.6 is 0 Å². The Bertz CT molecular complexity index is 1280. The molecule has 0 aliphatic carbocycles. The molecule has 322 valence electrons. The van der Waals surface area contributed by atoms with Crippen LogP contribution in [-0.2, 0) is 42.7 Å². The van der Waals surface area contributed by atoms with Gasteiger partial charge in [0.15, 0.2) is 18.9 Å². The fourth-order valence-electron chi connectivity index (χ4n) is 8.39. The average molecular weight is 799 g/mol. The molecule has 0 aromatic heterocycles. The highest BCUT2D eigenvalue weighted by Gasteiger charge is 2.50. The number of carbonyl (C=O) groups excluding carboxylic acids is 2. The molecule has 4 N–H and O–H groups in total. The maximum absolute atomic E-state index is 12.9. The summed E-state index contributed by atoms with van der Waals surface area (Å²) in [4.78, 5) is 29.1. The molecule has 4 heterocycles. The molecule has 0 saturated carbocycles. The quantitative estimate of drug-likeness (QED) is 0.186. The molecule has 15 nitrogen and oxygen atoms in total. The highest BCUT2D eigenvalue weighted by Crippen LogP contribution is 2.36. The third-order valence-corrected chi connectivity index (χ3v) is 11.7. The van der Waals surface area contributed by atoms with E-state index in [2.05, 4.69) is 11.8 Å². The minimum Gasteiger partial charge on any atom is -0.462 e. The molecule has 17 atom stereocenters. The number of hydrogen-bond donors (Lipinski definition) is 4. The van der Waals surface area contributed by atoms with Gasteiger partial charge in [-0.15, -0.1) is 0 Å². The topological polar surface area (TPSA) is 186 Å². The Hall–Kier alpha value is -1.86. The minimum absolute atomic E-state index is 0.0129. The number of rotatable bonds is 10. The Morgan fingerprint density at radius 3 is 2.30 bits per heavy atom. The third-order valence-electron chi connectivity index (χ3n) is 11.7. The molecule has 0 aromatic rings. The average Bonchev–Trinajstić information content (AvgIpc) is 3.09. The van der Waals surface area contributed by atoms with Crippen molar-refractivity contribution >= 4 is 12.3 Å². The lowest BCUT2D eigenvalue weighted by Crippen LogP contribution is -2.65. The van der Waals surface area contributed by atoms with E-state index >= 15 is 0 Å². The standard InChI is InChI=1S/C41H70N2O13/c1-24-19-28(17-18-44)32(55-40-38(48)37(43(8)9)39(27(4)53-40)56-36-22-41(5,49)33(46)23-50-36)20-29(45)21-34(47)51-25(2)13-11-10-12-14-31(24)54-35-16-15-30(42(6)7)26(3)52-35/h10-12,14,18,24-33,35-40,45-46,48-49H,13,15-17,19-23H2,1-9H3/b11-10-,14-12-/t24-,25-,26-,27-,28+,29+,30+,31-,32-,33-,35+,36-,37-,38-,39-,40+,41+/m1/s1. The second-order valence-electron chi connectivity index (χ2n) is 17.1. The fourth-order valence-corrected chi connectivity index (χ4v) is 8.39. The molecule has 3 fully saturated rings. The summed E-state index contributed by atoms with van der Waals surface area (Å²) in [6, 6.07) is -0.388. The lowest BCUT2D eigenvalue weighted by molar-refractivity contribution is -0.332. The molecule has 0 radical (unpaired) electrons.